The van der Waals surface area contributed by atoms with Gasteiger partial charge in [0, 0.05) is 18.2 Å². The molecule has 1 aliphatic heterocycles. The maximum atomic E-state index is 12.8. The van der Waals surface area contributed by atoms with E-state index in [0.29, 0.717) is 13.2 Å². The Balaban J connectivity index is 1.76. The largest absolute Gasteiger partial charge is 0.491 e. The SMILES string of the molecule is CC(=O)N[C@@H]1C(=O)N(CCOc2ccccc2C)c2ccc(C)cc21. The molecule has 0 spiro atoms. The number of nitrogens with zero attached hydrogens (tertiary/aromatic N) is 1. The second-order valence-electron chi connectivity index (χ2n) is 6.30. The molecule has 0 aliphatic carbocycles. The minimum absolute atomic E-state index is 0.121. The minimum Gasteiger partial charge on any atom is -0.491 e. The summed E-state index contributed by atoms with van der Waals surface area (Å²) in [6.07, 6.45) is 0. The van der Waals surface area contributed by atoms with E-state index in [1.165, 1.54) is 6.92 Å². The van der Waals surface area contributed by atoms with E-state index in [2.05, 4.69) is 5.32 Å². The van der Waals surface area contributed by atoms with E-state index in [0.717, 1.165) is 28.1 Å². The molecule has 0 bridgehead atoms. The third kappa shape index (κ3) is 3.50. The number of aryl methyl sites for hydroxylation is 2. The summed E-state index contributed by atoms with van der Waals surface area (Å²) in [6.45, 7) is 6.20. The molecule has 0 saturated heterocycles. The van der Waals surface area contributed by atoms with Gasteiger partial charge in [0.1, 0.15) is 18.4 Å². The van der Waals surface area contributed by atoms with Crippen LogP contribution in [0.3, 0.4) is 0 Å². The van der Waals surface area contributed by atoms with Crippen molar-refractivity contribution in [3.8, 4) is 5.75 Å². The van der Waals surface area contributed by atoms with Crippen LogP contribution in [-0.4, -0.2) is 25.0 Å². The summed E-state index contributed by atoms with van der Waals surface area (Å²) < 4.78 is 5.82. The number of hydrogen-bond donors (Lipinski definition) is 1. The summed E-state index contributed by atoms with van der Waals surface area (Å²) in [5, 5.41) is 2.75. The molecule has 0 radical (unpaired) electrons. The molecule has 130 valence electrons. The van der Waals surface area contributed by atoms with Crippen molar-refractivity contribution in [1.29, 1.82) is 0 Å². The first-order valence-corrected chi connectivity index (χ1v) is 8.35. The lowest BCUT2D eigenvalue weighted by atomic mass is 10.1. The van der Waals surface area contributed by atoms with Crippen molar-refractivity contribution in [3.05, 3.63) is 59.2 Å². The minimum atomic E-state index is -0.620. The molecule has 1 N–H and O–H groups in total. The highest BCUT2D eigenvalue weighted by atomic mass is 16.5. The van der Waals surface area contributed by atoms with Crippen LogP contribution in [0, 0.1) is 13.8 Å². The van der Waals surface area contributed by atoms with Crippen molar-refractivity contribution >= 4 is 17.5 Å². The topological polar surface area (TPSA) is 58.6 Å². The molecule has 0 saturated carbocycles. The number of benzene rings is 2. The Bertz CT molecular complexity index is 816. The number of para-hydroxylation sites is 1. The van der Waals surface area contributed by atoms with Gasteiger partial charge >= 0.3 is 0 Å². The Morgan fingerprint density at radius 3 is 2.68 bits per heavy atom. The maximum Gasteiger partial charge on any atom is 0.254 e. The van der Waals surface area contributed by atoms with E-state index in [4.69, 9.17) is 4.74 Å². The van der Waals surface area contributed by atoms with E-state index in [9.17, 15) is 9.59 Å². The smallest absolute Gasteiger partial charge is 0.254 e. The van der Waals surface area contributed by atoms with Crippen LogP contribution in [0.15, 0.2) is 42.5 Å². The molecule has 2 aromatic carbocycles. The van der Waals surface area contributed by atoms with E-state index in [1.54, 1.807) is 4.90 Å². The predicted octanol–water partition coefficient (Wildman–Crippen LogP) is 2.91. The van der Waals surface area contributed by atoms with Gasteiger partial charge in [0.05, 0.1) is 6.54 Å². The molecule has 5 nitrogen and oxygen atoms in total. The van der Waals surface area contributed by atoms with Crippen LogP contribution in [0.25, 0.3) is 0 Å². The molecule has 25 heavy (non-hydrogen) atoms. The highest BCUT2D eigenvalue weighted by molar-refractivity contribution is 6.06. The summed E-state index contributed by atoms with van der Waals surface area (Å²) in [4.78, 5) is 25.9. The predicted molar refractivity (Wildman–Crippen MR) is 96.8 cm³/mol. The average molecular weight is 338 g/mol. The summed E-state index contributed by atoms with van der Waals surface area (Å²) in [5.41, 5.74) is 3.79. The average Bonchev–Trinajstić information content (AvgIpc) is 2.81. The van der Waals surface area contributed by atoms with Crippen molar-refractivity contribution < 1.29 is 14.3 Å². The zero-order chi connectivity index (χ0) is 18.0. The molecule has 2 aromatic rings. The molecule has 2 amide bonds. The Morgan fingerprint density at radius 2 is 1.96 bits per heavy atom. The Kier molecular flexibility index (Phi) is 4.74. The Labute approximate surface area is 147 Å². The van der Waals surface area contributed by atoms with Crippen molar-refractivity contribution in [1.82, 2.24) is 5.32 Å². The van der Waals surface area contributed by atoms with Gasteiger partial charge in [0.25, 0.3) is 5.91 Å². The van der Waals surface area contributed by atoms with Gasteiger partial charge in [-0.3, -0.25) is 9.59 Å². The van der Waals surface area contributed by atoms with E-state index in [-0.39, 0.29) is 11.8 Å². The van der Waals surface area contributed by atoms with Crippen molar-refractivity contribution in [3.63, 3.8) is 0 Å². The second-order valence-corrected chi connectivity index (χ2v) is 6.30. The van der Waals surface area contributed by atoms with E-state index in [1.807, 2.05) is 56.3 Å². The second kappa shape index (κ2) is 6.97. The molecule has 5 heteroatoms. The number of anilines is 1. The highest BCUT2D eigenvalue weighted by Gasteiger charge is 2.37. The lowest BCUT2D eigenvalue weighted by molar-refractivity contribution is -0.126. The number of carbonyl (C=O) groups excluding carboxylic acids is 2. The fourth-order valence-corrected chi connectivity index (χ4v) is 3.10. The van der Waals surface area contributed by atoms with Crippen molar-refractivity contribution in [2.75, 3.05) is 18.1 Å². The molecule has 0 fully saturated rings. The summed E-state index contributed by atoms with van der Waals surface area (Å²) in [6, 6.07) is 13.0. The number of amides is 2. The van der Waals surface area contributed by atoms with Crippen LogP contribution < -0.4 is 15.0 Å². The van der Waals surface area contributed by atoms with Crippen molar-refractivity contribution in [2.45, 2.75) is 26.8 Å². The molecule has 3 rings (SSSR count). The zero-order valence-electron chi connectivity index (χ0n) is 14.7. The monoisotopic (exact) mass is 338 g/mol. The maximum absolute atomic E-state index is 12.8. The number of carbonyl (C=O) groups is 2. The van der Waals surface area contributed by atoms with Gasteiger partial charge in [-0.25, -0.2) is 0 Å². The molecular formula is C20H22N2O3. The Morgan fingerprint density at radius 1 is 1.20 bits per heavy atom. The van der Waals surface area contributed by atoms with Crippen LogP contribution in [0.1, 0.15) is 29.7 Å². The van der Waals surface area contributed by atoms with E-state index >= 15 is 0 Å². The van der Waals surface area contributed by atoms with Gasteiger partial charge < -0.3 is 15.0 Å². The number of rotatable bonds is 5. The van der Waals surface area contributed by atoms with Crippen LogP contribution in [0.5, 0.6) is 5.75 Å². The van der Waals surface area contributed by atoms with Crippen LogP contribution >= 0.6 is 0 Å². The van der Waals surface area contributed by atoms with Gasteiger partial charge in [0.15, 0.2) is 0 Å². The standard InChI is InChI=1S/C20H22N2O3/c1-13-8-9-17-16(12-13)19(21-15(3)23)20(24)22(17)10-11-25-18-7-5-4-6-14(18)2/h4-9,12,19H,10-11H2,1-3H3,(H,21,23)/t19-/m0/s1. The van der Waals surface area contributed by atoms with Crippen LogP contribution in [-0.2, 0) is 9.59 Å². The summed E-state index contributed by atoms with van der Waals surface area (Å²) in [5.74, 6) is 0.477. The first kappa shape index (κ1) is 17.0. The quantitative estimate of drug-likeness (QED) is 0.912. The number of ether oxygens (including phenoxy) is 1. The normalized spacial score (nSPS) is 15.9. The van der Waals surface area contributed by atoms with E-state index < -0.39 is 6.04 Å². The number of fused-ring (bicyclic) bond motifs is 1. The van der Waals surface area contributed by atoms with Gasteiger partial charge in [-0.05, 0) is 31.5 Å². The fraction of sp³-hybridized carbons (Fsp3) is 0.300. The summed E-state index contributed by atoms with van der Waals surface area (Å²) in [7, 11) is 0. The molecule has 1 heterocycles. The van der Waals surface area contributed by atoms with Gasteiger partial charge in [-0.15, -0.1) is 0 Å². The molecule has 1 atom stereocenters. The van der Waals surface area contributed by atoms with Crippen LogP contribution in [0.2, 0.25) is 0 Å². The number of hydrogen-bond acceptors (Lipinski definition) is 3. The molecular weight excluding hydrogens is 316 g/mol. The molecule has 0 unspecified atom stereocenters. The number of nitrogens with one attached hydrogen (secondary N) is 1. The molecule has 0 aromatic heterocycles. The van der Waals surface area contributed by atoms with Gasteiger partial charge in [0.2, 0.25) is 5.91 Å². The lowest BCUT2D eigenvalue weighted by Gasteiger charge is -2.19. The third-order valence-electron chi connectivity index (χ3n) is 4.31. The first-order valence-electron chi connectivity index (χ1n) is 8.35. The first-order chi connectivity index (χ1) is 12.0. The Hall–Kier alpha value is -2.82. The zero-order valence-corrected chi connectivity index (χ0v) is 14.7. The molecule has 1 aliphatic rings. The fourth-order valence-electron chi connectivity index (χ4n) is 3.10. The van der Waals surface area contributed by atoms with Gasteiger partial charge in [-0.1, -0.05) is 35.9 Å². The van der Waals surface area contributed by atoms with Crippen molar-refractivity contribution in [2.24, 2.45) is 0 Å². The van der Waals surface area contributed by atoms with Crippen LogP contribution in [0.4, 0.5) is 5.69 Å². The highest BCUT2D eigenvalue weighted by Crippen LogP contribution is 2.36. The third-order valence-corrected chi connectivity index (χ3v) is 4.31. The van der Waals surface area contributed by atoms with Gasteiger partial charge in [-0.2, -0.15) is 0 Å². The summed E-state index contributed by atoms with van der Waals surface area (Å²) >= 11 is 0. The lowest BCUT2D eigenvalue weighted by Crippen LogP contribution is -2.38.